The predicted octanol–water partition coefficient (Wildman–Crippen LogP) is 3.24. The number of imidazole rings is 1. The number of aliphatic imine (C=N–C) groups is 1. The SMILES string of the molecule is CCNC(=NCc1ccc(C)cc1OCC)NCc1nccn1C(F)F. The molecule has 0 spiro atoms. The fraction of sp³-hybridized carbons (Fsp3) is 0.444. The van der Waals surface area contributed by atoms with Crippen LogP contribution in [0, 0.1) is 6.92 Å². The third-order valence-corrected chi connectivity index (χ3v) is 3.65. The van der Waals surface area contributed by atoms with E-state index in [1.165, 1.54) is 12.4 Å². The molecule has 1 heterocycles. The number of nitrogens with one attached hydrogen (secondary N) is 2. The number of nitrogens with zero attached hydrogens (tertiary/aromatic N) is 3. The van der Waals surface area contributed by atoms with E-state index in [-0.39, 0.29) is 12.4 Å². The van der Waals surface area contributed by atoms with Gasteiger partial charge in [-0.15, -0.1) is 0 Å². The Labute approximate surface area is 152 Å². The summed E-state index contributed by atoms with van der Waals surface area (Å²) in [7, 11) is 0. The van der Waals surface area contributed by atoms with Gasteiger partial charge in [-0.1, -0.05) is 12.1 Å². The van der Waals surface area contributed by atoms with Crippen LogP contribution in [0.2, 0.25) is 0 Å². The lowest BCUT2D eigenvalue weighted by atomic mass is 10.1. The Morgan fingerprint density at radius 1 is 1.31 bits per heavy atom. The van der Waals surface area contributed by atoms with E-state index in [0.29, 0.717) is 25.7 Å². The zero-order valence-electron chi connectivity index (χ0n) is 15.3. The molecule has 1 aromatic heterocycles. The average molecular weight is 365 g/mol. The third kappa shape index (κ3) is 5.44. The Balaban J connectivity index is 2.08. The topological polar surface area (TPSA) is 63.5 Å². The van der Waals surface area contributed by atoms with Gasteiger partial charge in [0.15, 0.2) is 5.96 Å². The van der Waals surface area contributed by atoms with Crippen LogP contribution in [-0.4, -0.2) is 28.7 Å². The highest BCUT2D eigenvalue weighted by atomic mass is 19.3. The summed E-state index contributed by atoms with van der Waals surface area (Å²) in [6.07, 6.45) is 2.61. The van der Waals surface area contributed by atoms with E-state index in [4.69, 9.17) is 4.74 Å². The Hall–Kier alpha value is -2.64. The van der Waals surface area contributed by atoms with Crippen molar-refractivity contribution < 1.29 is 13.5 Å². The molecule has 8 heteroatoms. The Morgan fingerprint density at radius 3 is 2.81 bits per heavy atom. The summed E-state index contributed by atoms with van der Waals surface area (Å²) in [6, 6.07) is 5.97. The first-order valence-electron chi connectivity index (χ1n) is 8.59. The van der Waals surface area contributed by atoms with Gasteiger partial charge in [-0.2, -0.15) is 8.78 Å². The predicted molar refractivity (Wildman–Crippen MR) is 97.5 cm³/mol. The van der Waals surface area contributed by atoms with Crippen molar-refractivity contribution in [2.75, 3.05) is 13.2 Å². The molecule has 0 aliphatic carbocycles. The highest BCUT2D eigenvalue weighted by Gasteiger charge is 2.11. The average Bonchev–Trinajstić information content (AvgIpc) is 3.08. The van der Waals surface area contributed by atoms with Gasteiger partial charge in [0.25, 0.3) is 0 Å². The van der Waals surface area contributed by atoms with E-state index in [9.17, 15) is 8.78 Å². The molecule has 0 amide bonds. The van der Waals surface area contributed by atoms with Crippen LogP contribution in [0.5, 0.6) is 5.75 Å². The van der Waals surface area contributed by atoms with Crippen LogP contribution in [-0.2, 0) is 13.1 Å². The molecule has 2 aromatic rings. The zero-order valence-corrected chi connectivity index (χ0v) is 15.3. The minimum absolute atomic E-state index is 0.148. The van der Waals surface area contributed by atoms with Gasteiger partial charge in [-0.25, -0.2) is 9.98 Å². The van der Waals surface area contributed by atoms with Crippen molar-refractivity contribution in [3.63, 3.8) is 0 Å². The fourth-order valence-electron chi connectivity index (χ4n) is 2.41. The third-order valence-electron chi connectivity index (χ3n) is 3.65. The monoisotopic (exact) mass is 365 g/mol. The van der Waals surface area contributed by atoms with Crippen molar-refractivity contribution in [3.05, 3.63) is 47.5 Å². The van der Waals surface area contributed by atoms with Crippen molar-refractivity contribution >= 4 is 5.96 Å². The molecular formula is C18H25F2N5O. The van der Waals surface area contributed by atoms with E-state index in [2.05, 4.69) is 20.6 Å². The molecule has 2 rings (SSSR count). The Kier molecular flexibility index (Phi) is 7.37. The summed E-state index contributed by atoms with van der Waals surface area (Å²) in [6.45, 7) is 5.06. The number of guanidine groups is 1. The largest absolute Gasteiger partial charge is 0.494 e. The van der Waals surface area contributed by atoms with E-state index < -0.39 is 6.55 Å². The number of alkyl halides is 2. The van der Waals surface area contributed by atoms with Gasteiger partial charge >= 0.3 is 6.55 Å². The number of ether oxygens (including phenoxy) is 1. The van der Waals surface area contributed by atoms with Gasteiger partial charge in [0.1, 0.15) is 11.6 Å². The van der Waals surface area contributed by atoms with Crippen LogP contribution in [0.15, 0.2) is 35.6 Å². The van der Waals surface area contributed by atoms with Crippen LogP contribution in [0.25, 0.3) is 0 Å². The summed E-state index contributed by atoms with van der Waals surface area (Å²) in [4.78, 5) is 8.47. The first kappa shape index (κ1) is 19.7. The van der Waals surface area contributed by atoms with Crippen LogP contribution < -0.4 is 15.4 Å². The molecule has 0 atom stereocenters. The van der Waals surface area contributed by atoms with Crippen LogP contribution in [0.3, 0.4) is 0 Å². The second-order valence-corrected chi connectivity index (χ2v) is 5.62. The summed E-state index contributed by atoms with van der Waals surface area (Å²) in [5.41, 5.74) is 2.08. The molecule has 142 valence electrons. The number of halogens is 2. The van der Waals surface area contributed by atoms with Gasteiger partial charge in [-0.05, 0) is 32.4 Å². The normalized spacial score (nSPS) is 11.7. The van der Waals surface area contributed by atoms with Gasteiger partial charge < -0.3 is 15.4 Å². The fourth-order valence-corrected chi connectivity index (χ4v) is 2.41. The number of hydrogen-bond donors (Lipinski definition) is 2. The standard InChI is InChI=1S/C18H25F2N5O/c1-4-21-18(24-12-16-22-8-9-25(16)17(19)20)23-11-14-7-6-13(3)10-15(14)26-5-2/h6-10,17H,4-5,11-12H2,1-3H3,(H2,21,23,24). The second kappa shape index (κ2) is 9.74. The van der Waals surface area contributed by atoms with Crippen LogP contribution in [0.1, 0.15) is 37.3 Å². The van der Waals surface area contributed by atoms with Crippen molar-refractivity contribution in [1.82, 2.24) is 20.2 Å². The molecule has 0 saturated heterocycles. The number of rotatable bonds is 8. The number of aryl methyl sites for hydroxylation is 1. The quantitative estimate of drug-likeness (QED) is 0.557. The van der Waals surface area contributed by atoms with Gasteiger partial charge in [0.05, 0.1) is 19.7 Å². The molecule has 0 bridgehead atoms. The molecular weight excluding hydrogens is 340 g/mol. The lowest BCUT2D eigenvalue weighted by Crippen LogP contribution is -2.37. The first-order chi connectivity index (χ1) is 12.5. The van der Waals surface area contributed by atoms with Crippen molar-refractivity contribution in [3.8, 4) is 5.75 Å². The minimum Gasteiger partial charge on any atom is -0.494 e. The zero-order chi connectivity index (χ0) is 18.9. The summed E-state index contributed by atoms with van der Waals surface area (Å²) in [5, 5.41) is 6.13. The molecule has 0 radical (unpaired) electrons. The molecule has 0 saturated carbocycles. The first-order valence-corrected chi connectivity index (χ1v) is 8.59. The van der Waals surface area contributed by atoms with Crippen molar-refractivity contribution in [2.24, 2.45) is 4.99 Å². The maximum atomic E-state index is 12.9. The molecule has 6 nitrogen and oxygen atoms in total. The highest BCUT2D eigenvalue weighted by molar-refractivity contribution is 5.79. The van der Waals surface area contributed by atoms with E-state index in [1.807, 2.05) is 39.0 Å². The van der Waals surface area contributed by atoms with Crippen LogP contribution in [0.4, 0.5) is 8.78 Å². The molecule has 26 heavy (non-hydrogen) atoms. The summed E-state index contributed by atoms with van der Waals surface area (Å²) >= 11 is 0. The number of benzene rings is 1. The van der Waals surface area contributed by atoms with Gasteiger partial charge in [0, 0.05) is 24.5 Å². The maximum Gasteiger partial charge on any atom is 0.319 e. The van der Waals surface area contributed by atoms with E-state index in [1.54, 1.807) is 0 Å². The van der Waals surface area contributed by atoms with Gasteiger partial charge in [-0.3, -0.25) is 4.57 Å². The Bertz CT molecular complexity index is 730. The minimum atomic E-state index is -2.62. The van der Waals surface area contributed by atoms with Gasteiger partial charge in [0.2, 0.25) is 0 Å². The smallest absolute Gasteiger partial charge is 0.319 e. The van der Waals surface area contributed by atoms with Crippen molar-refractivity contribution in [2.45, 2.75) is 40.4 Å². The Morgan fingerprint density at radius 2 is 2.12 bits per heavy atom. The van der Waals surface area contributed by atoms with Crippen molar-refractivity contribution in [1.29, 1.82) is 0 Å². The maximum absolute atomic E-state index is 12.9. The summed E-state index contributed by atoms with van der Waals surface area (Å²) in [5.74, 6) is 1.58. The number of aromatic nitrogens is 2. The second-order valence-electron chi connectivity index (χ2n) is 5.62. The molecule has 0 unspecified atom stereocenters. The summed E-state index contributed by atoms with van der Waals surface area (Å²) < 4.78 is 32.3. The molecule has 0 fully saturated rings. The lowest BCUT2D eigenvalue weighted by molar-refractivity contribution is 0.0668. The molecule has 0 aliphatic rings. The van der Waals surface area contributed by atoms with E-state index in [0.717, 1.165) is 21.4 Å². The lowest BCUT2D eigenvalue weighted by Gasteiger charge is -2.13. The molecule has 2 N–H and O–H groups in total. The number of hydrogen-bond acceptors (Lipinski definition) is 3. The molecule has 0 aliphatic heterocycles. The van der Waals surface area contributed by atoms with Crippen LogP contribution >= 0.6 is 0 Å². The molecule has 1 aromatic carbocycles. The van der Waals surface area contributed by atoms with E-state index >= 15 is 0 Å². The highest BCUT2D eigenvalue weighted by Crippen LogP contribution is 2.21.